The number of anilines is 2. The van der Waals surface area contributed by atoms with Crippen LogP contribution in [0.3, 0.4) is 0 Å². The summed E-state index contributed by atoms with van der Waals surface area (Å²) in [5.41, 5.74) is 8.82. The predicted octanol–water partition coefficient (Wildman–Crippen LogP) is 2.57. The van der Waals surface area contributed by atoms with Crippen LogP contribution in [-0.2, 0) is 17.8 Å². The number of hydrogen-bond acceptors (Lipinski definition) is 5. The largest absolute Gasteiger partial charge is 0.384 e. The maximum atomic E-state index is 13.8. The molecule has 0 amide bonds. The number of hydrogen-bond donors (Lipinski definition) is 2. The number of fused-ring (bicyclic) bond motifs is 2. The minimum absolute atomic E-state index is 0.267. The normalized spacial score (nSPS) is 19.3. The summed E-state index contributed by atoms with van der Waals surface area (Å²) >= 11 is 6.10. The number of aromatic nitrogens is 2. The third kappa shape index (κ3) is 2.35. The Labute approximate surface area is 142 Å². The fraction of sp³-hybridized carbons (Fsp3) is 0.375. The van der Waals surface area contributed by atoms with E-state index in [-0.39, 0.29) is 10.9 Å². The van der Waals surface area contributed by atoms with Gasteiger partial charge in [0.05, 0.1) is 35.5 Å². The zero-order valence-electron chi connectivity index (χ0n) is 12.8. The molecule has 6 nitrogen and oxygen atoms in total. The molecular formula is C16H16ClFN4O2. The van der Waals surface area contributed by atoms with Crippen LogP contribution in [0, 0.1) is 5.82 Å². The van der Waals surface area contributed by atoms with E-state index in [9.17, 15) is 9.18 Å². The Morgan fingerprint density at radius 2 is 2.33 bits per heavy atom. The highest BCUT2D eigenvalue weighted by molar-refractivity contribution is 6.33. The van der Waals surface area contributed by atoms with Crippen molar-refractivity contribution in [3.05, 3.63) is 39.8 Å². The molecule has 0 aliphatic carbocycles. The van der Waals surface area contributed by atoms with Crippen molar-refractivity contribution < 1.29 is 13.9 Å². The summed E-state index contributed by atoms with van der Waals surface area (Å²) in [6.07, 6.45) is 1.16. The van der Waals surface area contributed by atoms with Crippen molar-refractivity contribution in [2.24, 2.45) is 0 Å². The van der Waals surface area contributed by atoms with Crippen LogP contribution in [0.2, 0.25) is 5.02 Å². The van der Waals surface area contributed by atoms with Gasteiger partial charge in [-0.1, -0.05) is 11.6 Å². The topological polar surface area (TPSA) is 82.2 Å². The van der Waals surface area contributed by atoms with Crippen LogP contribution in [-0.4, -0.2) is 28.8 Å². The van der Waals surface area contributed by atoms with E-state index in [2.05, 4.69) is 10.4 Å². The van der Waals surface area contributed by atoms with E-state index in [1.54, 1.807) is 0 Å². The lowest BCUT2D eigenvalue weighted by molar-refractivity contribution is 0.0854. The van der Waals surface area contributed by atoms with Crippen LogP contribution in [0.5, 0.6) is 0 Å². The van der Waals surface area contributed by atoms with E-state index in [0.29, 0.717) is 55.4 Å². The number of carbonyl (C=O) groups excluding carboxylic acids is 1. The second-order valence-corrected chi connectivity index (χ2v) is 6.39. The van der Waals surface area contributed by atoms with E-state index in [4.69, 9.17) is 22.1 Å². The fourth-order valence-corrected chi connectivity index (χ4v) is 3.65. The second-order valence-electron chi connectivity index (χ2n) is 5.98. The molecule has 0 fully saturated rings. The molecule has 3 heterocycles. The number of benzene rings is 1. The summed E-state index contributed by atoms with van der Waals surface area (Å²) in [5, 5.41) is 7.71. The molecule has 1 aromatic carbocycles. The van der Waals surface area contributed by atoms with Crippen molar-refractivity contribution in [3.8, 4) is 0 Å². The van der Waals surface area contributed by atoms with Crippen molar-refractivity contribution in [3.63, 3.8) is 0 Å². The Bertz CT molecular complexity index is 836. The first-order valence-corrected chi connectivity index (χ1v) is 8.15. The molecule has 0 spiro atoms. The van der Waals surface area contributed by atoms with Gasteiger partial charge in [0.25, 0.3) is 5.91 Å². The van der Waals surface area contributed by atoms with Crippen molar-refractivity contribution in [2.45, 2.75) is 25.4 Å². The summed E-state index contributed by atoms with van der Waals surface area (Å²) in [7, 11) is 0. The number of ether oxygens (including phenoxy) is 1. The number of rotatable bonds is 1. The van der Waals surface area contributed by atoms with Gasteiger partial charge in [0.15, 0.2) is 0 Å². The molecule has 0 bridgehead atoms. The molecule has 0 saturated heterocycles. The minimum Gasteiger partial charge on any atom is -0.384 e. The zero-order chi connectivity index (χ0) is 16.8. The summed E-state index contributed by atoms with van der Waals surface area (Å²) in [5.74, 6) is -0.937. The molecule has 1 unspecified atom stereocenters. The molecule has 126 valence electrons. The van der Waals surface area contributed by atoms with Gasteiger partial charge in [0.1, 0.15) is 11.6 Å². The lowest BCUT2D eigenvalue weighted by Crippen LogP contribution is -2.28. The Hall–Kier alpha value is -2.12. The number of nitrogens with one attached hydrogen (secondary N) is 1. The summed E-state index contributed by atoms with van der Waals surface area (Å²) in [6, 6.07) is 2.58. The Balaban J connectivity index is 1.76. The highest BCUT2D eigenvalue weighted by Gasteiger charge is 2.32. The highest BCUT2D eigenvalue weighted by atomic mass is 35.5. The molecule has 1 atom stereocenters. The number of carbonyl (C=O) groups is 1. The van der Waals surface area contributed by atoms with E-state index in [1.165, 1.54) is 16.8 Å². The highest BCUT2D eigenvalue weighted by Crippen LogP contribution is 2.38. The van der Waals surface area contributed by atoms with E-state index >= 15 is 0 Å². The van der Waals surface area contributed by atoms with Gasteiger partial charge in [0.2, 0.25) is 0 Å². The van der Waals surface area contributed by atoms with Gasteiger partial charge < -0.3 is 15.8 Å². The fourth-order valence-electron chi connectivity index (χ4n) is 3.37. The van der Waals surface area contributed by atoms with Crippen LogP contribution in [0.4, 0.5) is 15.9 Å². The first kappa shape index (κ1) is 15.4. The molecule has 3 N–H and O–H groups in total. The second kappa shape index (κ2) is 5.75. The number of halogens is 2. The minimum atomic E-state index is -0.543. The summed E-state index contributed by atoms with van der Waals surface area (Å²) < 4.78 is 20.4. The van der Waals surface area contributed by atoms with Gasteiger partial charge in [-0.3, -0.25) is 4.79 Å². The molecule has 0 radical (unpaired) electrons. The predicted molar refractivity (Wildman–Crippen MR) is 87.9 cm³/mol. The van der Waals surface area contributed by atoms with Crippen LogP contribution in [0.25, 0.3) is 0 Å². The van der Waals surface area contributed by atoms with E-state index < -0.39 is 11.7 Å². The van der Waals surface area contributed by atoms with Gasteiger partial charge in [-0.25, -0.2) is 4.39 Å². The lowest BCUT2D eigenvalue weighted by atomic mass is 9.90. The van der Waals surface area contributed by atoms with Crippen LogP contribution >= 0.6 is 11.6 Å². The Kier molecular flexibility index (Phi) is 3.69. The van der Waals surface area contributed by atoms with Crippen molar-refractivity contribution >= 4 is 29.0 Å². The van der Waals surface area contributed by atoms with Crippen LogP contribution < -0.4 is 11.1 Å². The van der Waals surface area contributed by atoms with Gasteiger partial charge in [-0.05, 0) is 24.1 Å². The SMILES string of the molecule is Nc1c2c(nn1C(=O)C1CCNc3c(Cl)cc(F)cc31)COCC2. The molecule has 0 saturated carbocycles. The average Bonchev–Trinajstić information content (AvgIpc) is 2.91. The van der Waals surface area contributed by atoms with Crippen molar-refractivity contribution in [1.82, 2.24) is 9.78 Å². The number of nitrogens with two attached hydrogens (primary N) is 1. The third-order valence-corrected chi connectivity index (χ3v) is 4.84. The van der Waals surface area contributed by atoms with E-state index in [0.717, 1.165) is 5.56 Å². The van der Waals surface area contributed by atoms with Gasteiger partial charge >= 0.3 is 0 Å². The third-order valence-electron chi connectivity index (χ3n) is 4.54. The number of nitrogen functional groups attached to an aromatic ring is 1. The molecule has 2 aliphatic rings. The molecule has 8 heteroatoms. The zero-order valence-corrected chi connectivity index (χ0v) is 13.6. The van der Waals surface area contributed by atoms with Crippen molar-refractivity contribution in [1.29, 1.82) is 0 Å². The van der Waals surface area contributed by atoms with Crippen LogP contribution in [0.15, 0.2) is 12.1 Å². The standard InChI is InChI=1S/C16H16ClFN4O2/c17-12-6-8(18)5-11-9(1-3-20-14(11)12)16(23)22-15(19)10-2-4-24-7-13(10)21-22/h5-6,9,20H,1-4,7,19H2. The van der Waals surface area contributed by atoms with Crippen molar-refractivity contribution in [2.75, 3.05) is 24.2 Å². The lowest BCUT2D eigenvalue weighted by Gasteiger charge is -2.26. The summed E-state index contributed by atoms with van der Waals surface area (Å²) in [6.45, 7) is 1.48. The van der Waals surface area contributed by atoms with E-state index in [1.807, 2.05) is 0 Å². The smallest absolute Gasteiger partial charge is 0.256 e. The average molecular weight is 351 g/mol. The molecule has 24 heavy (non-hydrogen) atoms. The number of nitrogens with zero attached hydrogens (tertiary/aromatic N) is 2. The quantitative estimate of drug-likeness (QED) is 0.826. The molecule has 2 aromatic rings. The first-order chi connectivity index (χ1) is 11.6. The van der Waals surface area contributed by atoms with Gasteiger partial charge in [-0.15, -0.1) is 0 Å². The van der Waals surface area contributed by atoms with Crippen LogP contribution in [0.1, 0.15) is 34.0 Å². The molecular weight excluding hydrogens is 335 g/mol. The molecule has 4 rings (SSSR count). The first-order valence-electron chi connectivity index (χ1n) is 7.77. The maximum Gasteiger partial charge on any atom is 0.256 e. The monoisotopic (exact) mass is 350 g/mol. The Morgan fingerprint density at radius 1 is 1.50 bits per heavy atom. The molecule has 1 aromatic heterocycles. The maximum absolute atomic E-state index is 13.8. The Morgan fingerprint density at radius 3 is 3.12 bits per heavy atom. The molecule has 2 aliphatic heterocycles. The summed E-state index contributed by atoms with van der Waals surface area (Å²) in [4.78, 5) is 13.0. The van der Waals surface area contributed by atoms with Gasteiger partial charge in [0, 0.05) is 18.5 Å². The van der Waals surface area contributed by atoms with Gasteiger partial charge in [-0.2, -0.15) is 9.78 Å².